The van der Waals surface area contributed by atoms with Gasteiger partial charge in [0.05, 0.1) is 11.7 Å². The summed E-state index contributed by atoms with van der Waals surface area (Å²) in [5.41, 5.74) is 2.62. The van der Waals surface area contributed by atoms with Gasteiger partial charge >= 0.3 is 5.97 Å². The summed E-state index contributed by atoms with van der Waals surface area (Å²) in [5.74, 6) is 0.358. The highest BCUT2D eigenvalue weighted by Crippen LogP contribution is 2.40. The number of ether oxygens (including phenoxy) is 1. The minimum atomic E-state index is -0.288. The Morgan fingerprint density at radius 2 is 2.28 bits per heavy atom. The first-order valence-electron chi connectivity index (χ1n) is 6.33. The van der Waals surface area contributed by atoms with Crippen molar-refractivity contribution in [2.75, 3.05) is 0 Å². The maximum absolute atomic E-state index is 11.8. The maximum Gasteiger partial charge on any atom is 0.338 e. The van der Waals surface area contributed by atoms with Crippen LogP contribution in [0.25, 0.3) is 5.65 Å². The minimum Gasteiger partial charge on any atom is -0.459 e. The van der Waals surface area contributed by atoms with E-state index in [0.29, 0.717) is 11.5 Å². The van der Waals surface area contributed by atoms with E-state index in [-0.39, 0.29) is 12.1 Å². The monoisotopic (exact) mass is 244 g/mol. The summed E-state index contributed by atoms with van der Waals surface area (Å²) < 4.78 is 7.24. The molecule has 0 atom stereocenters. The quantitative estimate of drug-likeness (QED) is 0.780. The first kappa shape index (κ1) is 11.3. The zero-order valence-corrected chi connectivity index (χ0v) is 10.6. The standard InChI is InChI=1S/C14H16N2O2/c1-9(2)18-14(17)11-5-6-16-12(10-3-4-10)8-15-13(16)7-11/h5-10H,3-4H2,1-2H3. The van der Waals surface area contributed by atoms with Crippen molar-refractivity contribution in [2.45, 2.75) is 38.7 Å². The zero-order chi connectivity index (χ0) is 12.7. The molecule has 0 radical (unpaired) electrons. The molecule has 0 aromatic carbocycles. The molecule has 1 saturated carbocycles. The zero-order valence-electron chi connectivity index (χ0n) is 10.6. The third kappa shape index (κ3) is 1.98. The van der Waals surface area contributed by atoms with E-state index in [0.717, 1.165) is 5.65 Å². The van der Waals surface area contributed by atoms with Crippen molar-refractivity contribution in [2.24, 2.45) is 0 Å². The van der Waals surface area contributed by atoms with Crippen LogP contribution >= 0.6 is 0 Å². The Morgan fingerprint density at radius 1 is 1.50 bits per heavy atom. The number of carbonyl (C=O) groups excluding carboxylic acids is 1. The van der Waals surface area contributed by atoms with E-state index >= 15 is 0 Å². The Labute approximate surface area is 106 Å². The maximum atomic E-state index is 11.8. The molecule has 0 bridgehead atoms. The van der Waals surface area contributed by atoms with Gasteiger partial charge in [0.25, 0.3) is 0 Å². The Bertz CT molecular complexity index is 597. The van der Waals surface area contributed by atoms with Gasteiger partial charge in [-0.15, -0.1) is 0 Å². The second kappa shape index (κ2) is 4.12. The number of carbonyl (C=O) groups is 1. The first-order chi connectivity index (χ1) is 8.65. The number of aromatic nitrogens is 2. The number of pyridine rings is 1. The van der Waals surface area contributed by atoms with Crippen molar-refractivity contribution in [3.63, 3.8) is 0 Å². The molecule has 2 aromatic heterocycles. The average Bonchev–Trinajstić information content (AvgIpc) is 3.08. The lowest BCUT2D eigenvalue weighted by Gasteiger charge is -2.08. The van der Waals surface area contributed by atoms with Gasteiger partial charge < -0.3 is 9.14 Å². The predicted molar refractivity (Wildman–Crippen MR) is 67.7 cm³/mol. The van der Waals surface area contributed by atoms with E-state index in [1.165, 1.54) is 18.5 Å². The molecule has 0 spiro atoms. The fourth-order valence-corrected chi connectivity index (χ4v) is 2.09. The Morgan fingerprint density at radius 3 is 2.94 bits per heavy atom. The van der Waals surface area contributed by atoms with Gasteiger partial charge in [0, 0.05) is 24.0 Å². The first-order valence-corrected chi connectivity index (χ1v) is 6.33. The number of nitrogens with zero attached hydrogens (tertiary/aromatic N) is 2. The number of hydrogen-bond acceptors (Lipinski definition) is 3. The second-order valence-corrected chi connectivity index (χ2v) is 5.06. The summed E-state index contributed by atoms with van der Waals surface area (Å²) in [6.45, 7) is 3.69. The third-order valence-electron chi connectivity index (χ3n) is 3.12. The van der Waals surface area contributed by atoms with Crippen molar-refractivity contribution < 1.29 is 9.53 Å². The van der Waals surface area contributed by atoms with Crippen molar-refractivity contribution in [3.05, 3.63) is 35.8 Å². The van der Waals surface area contributed by atoms with Gasteiger partial charge in [0.15, 0.2) is 0 Å². The van der Waals surface area contributed by atoms with E-state index in [1.54, 1.807) is 12.1 Å². The molecule has 4 nitrogen and oxygen atoms in total. The average molecular weight is 244 g/mol. The molecule has 0 unspecified atom stereocenters. The van der Waals surface area contributed by atoms with E-state index in [2.05, 4.69) is 9.38 Å². The van der Waals surface area contributed by atoms with E-state index in [4.69, 9.17) is 4.74 Å². The molecule has 4 heteroatoms. The fraction of sp³-hybridized carbons (Fsp3) is 0.429. The van der Waals surface area contributed by atoms with Gasteiger partial charge in [-0.25, -0.2) is 9.78 Å². The highest BCUT2D eigenvalue weighted by atomic mass is 16.5. The van der Waals surface area contributed by atoms with Gasteiger partial charge in [0.2, 0.25) is 0 Å². The van der Waals surface area contributed by atoms with Crippen LogP contribution in [0.1, 0.15) is 48.7 Å². The summed E-state index contributed by atoms with van der Waals surface area (Å²) >= 11 is 0. The highest BCUT2D eigenvalue weighted by Gasteiger charge is 2.26. The van der Waals surface area contributed by atoms with Crippen LogP contribution in [-0.4, -0.2) is 21.5 Å². The van der Waals surface area contributed by atoms with Crippen LogP contribution in [0.4, 0.5) is 0 Å². The molecular formula is C14H16N2O2. The topological polar surface area (TPSA) is 43.6 Å². The molecule has 1 fully saturated rings. The van der Waals surface area contributed by atoms with Gasteiger partial charge in [-0.3, -0.25) is 0 Å². The molecule has 0 saturated heterocycles. The smallest absolute Gasteiger partial charge is 0.338 e. The van der Waals surface area contributed by atoms with Crippen LogP contribution < -0.4 is 0 Å². The van der Waals surface area contributed by atoms with Crippen molar-refractivity contribution in [3.8, 4) is 0 Å². The van der Waals surface area contributed by atoms with Crippen LogP contribution in [0.3, 0.4) is 0 Å². The van der Waals surface area contributed by atoms with Gasteiger partial charge in [-0.05, 0) is 38.8 Å². The number of esters is 1. The number of hydrogen-bond donors (Lipinski definition) is 0. The lowest BCUT2D eigenvalue weighted by atomic mass is 10.2. The molecule has 1 aliphatic rings. The summed E-state index contributed by atoms with van der Waals surface area (Å²) in [6.07, 6.45) is 6.20. The van der Waals surface area contributed by atoms with E-state index in [1.807, 2.05) is 26.2 Å². The van der Waals surface area contributed by atoms with Crippen LogP contribution in [0.15, 0.2) is 24.5 Å². The van der Waals surface area contributed by atoms with Crippen LogP contribution in [0, 0.1) is 0 Å². The summed E-state index contributed by atoms with van der Waals surface area (Å²) in [6, 6.07) is 3.59. The molecule has 0 amide bonds. The lowest BCUT2D eigenvalue weighted by molar-refractivity contribution is 0.0378. The minimum absolute atomic E-state index is 0.101. The van der Waals surface area contributed by atoms with E-state index < -0.39 is 0 Å². The molecule has 2 heterocycles. The second-order valence-electron chi connectivity index (χ2n) is 5.06. The van der Waals surface area contributed by atoms with Gasteiger partial charge in [-0.1, -0.05) is 0 Å². The Hall–Kier alpha value is -1.84. The molecule has 18 heavy (non-hydrogen) atoms. The number of fused-ring (bicyclic) bond motifs is 1. The summed E-state index contributed by atoms with van der Waals surface area (Å²) in [5, 5.41) is 0. The molecule has 2 aromatic rings. The normalized spacial score (nSPS) is 15.3. The molecule has 0 N–H and O–H groups in total. The van der Waals surface area contributed by atoms with Crippen molar-refractivity contribution in [1.29, 1.82) is 0 Å². The lowest BCUT2D eigenvalue weighted by Crippen LogP contribution is -2.11. The van der Waals surface area contributed by atoms with Crippen LogP contribution in [0.2, 0.25) is 0 Å². The van der Waals surface area contributed by atoms with Crippen molar-refractivity contribution >= 4 is 11.6 Å². The van der Waals surface area contributed by atoms with Crippen LogP contribution in [0.5, 0.6) is 0 Å². The SMILES string of the molecule is CC(C)OC(=O)c1ccn2c(C3CC3)cnc2c1. The fourth-order valence-electron chi connectivity index (χ4n) is 2.09. The number of rotatable bonds is 3. The largest absolute Gasteiger partial charge is 0.459 e. The Balaban J connectivity index is 1.94. The van der Waals surface area contributed by atoms with Crippen molar-refractivity contribution in [1.82, 2.24) is 9.38 Å². The third-order valence-corrected chi connectivity index (χ3v) is 3.12. The highest BCUT2D eigenvalue weighted by molar-refractivity contribution is 5.90. The molecule has 3 rings (SSSR count). The predicted octanol–water partition coefficient (Wildman–Crippen LogP) is 2.78. The summed E-state index contributed by atoms with van der Waals surface area (Å²) in [4.78, 5) is 16.1. The Kier molecular flexibility index (Phi) is 2.58. The molecule has 94 valence electrons. The van der Waals surface area contributed by atoms with E-state index in [9.17, 15) is 4.79 Å². The van der Waals surface area contributed by atoms with Gasteiger partial charge in [0.1, 0.15) is 5.65 Å². The summed E-state index contributed by atoms with van der Waals surface area (Å²) in [7, 11) is 0. The number of imidazole rings is 1. The van der Waals surface area contributed by atoms with Gasteiger partial charge in [-0.2, -0.15) is 0 Å². The van der Waals surface area contributed by atoms with Crippen LogP contribution in [-0.2, 0) is 4.74 Å². The molecular weight excluding hydrogens is 228 g/mol. The molecule has 1 aliphatic carbocycles. The molecule has 0 aliphatic heterocycles.